The van der Waals surface area contributed by atoms with Crippen molar-refractivity contribution < 1.29 is 9.84 Å². The highest BCUT2D eigenvalue weighted by molar-refractivity contribution is 5.82. The zero-order chi connectivity index (χ0) is 7.82. The van der Waals surface area contributed by atoms with Crippen molar-refractivity contribution in [3.8, 4) is 0 Å². The number of hydrogen-bond acceptors (Lipinski definition) is 4. The van der Waals surface area contributed by atoms with Crippen LogP contribution in [-0.2, 0) is 4.74 Å². The minimum Gasteiger partial charge on any atom is -0.394 e. The Morgan fingerprint density at radius 2 is 2.40 bits per heavy atom. The van der Waals surface area contributed by atoms with Crippen molar-refractivity contribution in [2.24, 2.45) is 5.10 Å². The van der Waals surface area contributed by atoms with Crippen LogP contribution < -0.4 is 5.43 Å². The molecule has 0 aromatic heterocycles. The Kier molecular flexibility index (Phi) is 6.11. The van der Waals surface area contributed by atoms with Crippen LogP contribution in [0.25, 0.3) is 0 Å². The molecule has 0 aromatic rings. The summed E-state index contributed by atoms with van der Waals surface area (Å²) >= 11 is 0. The molecule has 0 unspecified atom stereocenters. The van der Waals surface area contributed by atoms with Crippen molar-refractivity contribution in [1.29, 1.82) is 0 Å². The second-order valence-corrected chi connectivity index (χ2v) is 1.91. The van der Waals surface area contributed by atoms with E-state index in [1.807, 2.05) is 6.92 Å². The lowest BCUT2D eigenvalue weighted by Crippen LogP contribution is -2.15. The van der Waals surface area contributed by atoms with E-state index in [0.717, 1.165) is 5.71 Å². The summed E-state index contributed by atoms with van der Waals surface area (Å²) in [6, 6.07) is 0. The van der Waals surface area contributed by atoms with Gasteiger partial charge in [0, 0.05) is 7.11 Å². The number of aliphatic hydroxyl groups excluding tert-OH is 1. The lowest BCUT2D eigenvalue weighted by molar-refractivity contribution is 0.244. The van der Waals surface area contributed by atoms with Gasteiger partial charge in [-0.15, -0.1) is 0 Å². The largest absolute Gasteiger partial charge is 0.394 e. The monoisotopic (exact) mass is 146 g/mol. The average Bonchev–Trinajstić information content (AvgIpc) is 1.89. The normalized spacial score (nSPS) is 11.7. The molecule has 0 saturated carbocycles. The molecule has 0 aliphatic rings. The third-order valence-electron chi connectivity index (χ3n) is 0.847. The Balaban J connectivity index is 3.28. The molecule has 10 heavy (non-hydrogen) atoms. The molecule has 0 aliphatic carbocycles. The first-order valence-corrected chi connectivity index (χ1v) is 3.17. The smallest absolute Gasteiger partial charge is 0.0859 e. The molecule has 0 bridgehead atoms. The van der Waals surface area contributed by atoms with E-state index < -0.39 is 0 Å². The van der Waals surface area contributed by atoms with Gasteiger partial charge < -0.3 is 15.3 Å². The third kappa shape index (κ3) is 5.53. The van der Waals surface area contributed by atoms with Crippen molar-refractivity contribution in [2.45, 2.75) is 6.92 Å². The summed E-state index contributed by atoms with van der Waals surface area (Å²) in [5, 5.41) is 12.2. The molecule has 0 aromatic carbocycles. The molecule has 4 nitrogen and oxygen atoms in total. The molecule has 0 atom stereocenters. The van der Waals surface area contributed by atoms with Crippen LogP contribution in [0.1, 0.15) is 6.92 Å². The number of hydrazone groups is 1. The molecule has 0 rings (SSSR count). The van der Waals surface area contributed by atoms with E-state index in [1.165, 1.54) is 0 Å². The average molecular weight is 146 g/mol. The lowest BCUT2D eigenvalue weighted by Gasteiger charge is -1.99. The SMILES string of the molecule is COC/C(C)=N/NCCO. The van der Waals surface area contributed by atoms with Gasteiger partial charge in [-0.1, -0.05) is 0 Å². The van der Waals surface area contributed by atoms with Gasteiger partial charge in [-0.3, -0.25) is 0 Å². The van der Waals surface area contributed by atoms with Crippen molar-refractivity contribution in [3.05, 3.63) is 0 Å². The molecule has 0 aliphatic heterocycles. The molecule has 0 spiro atoms. The maximum absolute atomic E-state index is 8.35. The van der Waals surface area contributed by atoms with Crippen LogP contribution in [0.3, 0.4) is 0 Å². The number of aliphatic hydroxyl groups is 1. The minimum absolute atomic E-state index is 0.101. The molecule has 2 N–H and O–H groups in total. The predicted molar refractivity (Wildman–Crippen MR) is 40.1 cm³/mol. The maximum atomic E-state index is 8.35. The summed E-state index contributed by atoms with van der Waals surface area (Å²) in [5.41, 5.74) is 3.55. The number of nitrogens with one attached hydrogen (secondary N) is 1. The number of rotatable bonds is 5. The van der Waals surface area contributed by atoms with Gasteiger partial charge in [-0.05, 0) is 6.92 Å². The van der Waals surface area contributed by atoms with E-state index in [4.69, 9.17) is 9.84 Å². The van der Waals surface area contributed by atoms with Gasteiger partial charge >= 0.3 is 0 Å². The summed E-state index contributed by atoms with van der Waals surface area (Å²) in [7, 11) is 1.62. The quantitative estimate of drug-likeness (QED) is 0.315. The zero-order valence-corrected chi connectivity index (χ0v) is 6.42. The fourth-order valence-electron chi connectivity index (χ4n) is 0.482. The lowest BCUT2D eigenvalue weighted by atomic mass is 10.5. The van der Waals surface area contributed by atoms with Crippen molar-refractivity contribution >= 4 is 5.71 Å². The number of methoxy groups -OCH3 is 1. The molecule has 60 valence electrons. The van der Waals surface area contributed by atoms with Gasteiger partial charge in [-0.25, -0.2) is 0 Å². The fraction of sp³-hybridized carbons (Fsp3) is 0.833. The van der Waals surface area contributed by atoms with Crippen molar-refractivity contribution in [3.63, 3.8) is 0 Å². The van der Waals surface area contributed by atoms with E-state index >= 15 is 0 Å². The van der Waals surface area contributed by atoms with E-state index in [2.05, 4.69) is 10.5 Å². The molecule has 4 heteroatoms. The first kappa shape index (κ1) is 9.39. The molecule has 0 saturated heterocycles. The number of hydrogen-bond donors (Lipinski definition) is 2. The predicted octanol–water partition coefficient (Wildman–Crippen LogP) is -0.409. The van der Waals surface area contributed by atoms with E-state index in [1.54, 1.807) is 7.11 Å². The second kappa shape index (κ2) is 6.51. The Hall–Kier alpha value is -0.610. The van der Waals surface area contributed by atoms with E-state index in [9.17, 15) is 0 Å². The molecule has 0 heterocycles. The summed E-state index contributed by atoms with van der Waals surface area (Å²) < 4.78 is 4.80. The number of ether oxygens (including phenoxy) is 1. The Bertz CT molecular complexity index is 104. The summed E-state index contributed by atoms with van der Waals surface area (Å²) in [6.07, 6.45) is 0. The van der Waals surface area contributed by atoms with E-state index in [-0.39, 0.29) is 6.61 Å². The summed E-state index contributed by atoms with van der Waals surface area (Å²) in [5.74, 6) is 0. The number of nitrogens with zero attached hydrogens (tertiary/aromatic N) is 1. The van der Waals surface area contributed by atoms with Gasteiger partial charge in [0.15, 0.2) is 0 Å². The van der Waals surface area contributed by atoms with Crippen LogP contribution in [0.4, 0.5) is 0 Å². The summed E-state index contributed by atoms with van der Waals surface area (Å²) in [4.78, 5) is 0. The van der Waals surface area contributed by atoms with Gasteiger partial charge in [-0.2, -0.15) is 5.10 Å². The van der Waals surface area contributed by atoms with Gasteiger partial charge in [0.25, 0.3) is 0 Å². The second-order valence-electron chi connectivity index (χ2n) is 1.91. The molecule has 0 radical (unpaired) electrons. The first-order chi connectivity index (χ1) is 4.81. The first-order valence-electron chi connectivity index (χ1n) is 3.17. The topological polar surface area (TPSA) is 53.8 Å². The highest BCUT2D eigenvalue weighted by atomic mass is 16.5. The highest BCUT2D eigenvalue weighted by Crippen LogP contribution is 1.74. The van der Waals surface area contributed by atoms with Crippen LogP contribution in [0.2, 0.25) is 0 Å². The van der Waals surface area contributed by atoms with Crippen LogP contribution in [0.15, 0.2) is 5.10 Å². The highest BCUT2D eigenvalue weighted by Gasteiger charge is 1.86. The minimum atomic E-state index is 0.101. The van der Waals surface area contributed by atoms with Crippen LogP contribution >= 0.6 is 0 Å². The molecule has 0 amide bonds. The molecular formula is C6H14N2O2. The Morgan fingerprint density at radius 3 is 2.90 bits per heavy atom. The Labute approximate surface area is 60.9 Å². The van der Waals surface area contributed by atoms with Crippen LogP contribution in [0, 0.1) is 0 Å². The molecule has 0 fully saturated rings. The van der Waals surface area contributed by atoms with Gasteiger partial charge in [0.1, 0.15) is 0 Å². The van der Waals surface area contributed by atoms with Crippen LogP contribution in [-0.4, -0.2) is 37.7 Å². The fourth-order valence-corrected chi connectivity index (χ4v) is 0.482. The standard InChI is InChI=1S/C6H14N2O2/c1-6(5-10-2)8-7-3-4-9/h7,9H,3-5H2,1-2H3/b8-6+. The van der Waals surface area contributed by atoms with E-state index in [0.29, 0.717) is 13.2 Å². The summed E-state index contributed by atoms with van der Waals surface area (Å²) in [6.45, 7) is 2.97. The van der Waals surface area contributed by atoms with Crippen molar-refractivity contribution in [2.75, 3.05) is 26.9 Å². The van der Waals surface area contributed by atoms with Gasteiger partial charge in [0.2, 0.25) is 0 Å². The van der Waals surface area contributed by atoms with Crippen molar-refractivity contribution in [1.82, 2.24) is 5.43 Å². The van der Waals surface area contributed by atoms with Gasteiger partial charge in [0.05, 0.1) is 25.5 Å². The molecular weight excluding hydrogens is 132 g/mol. The van der Waals surface area contributed by atoms with Crippen LogP contribution in [0.5, 0.6) is 0 Å². The maximum Gasteiger partial charge on any atom is 0.0859 e. The third-order valence-corrected chi connectivity index (χ3v) is 0.847. The Morgan fingerprint density at radius 1 is 1.70 bits per heavy atom. The zero-order valence-electron chi connectivity index (χ0n) is 6.42.